The topological polar surface area (TPSA) is 68.0 Å². The lowest BCUT2D eigenvalue weighted by Gasteiger charge is -2.19. The van der Waals surface area contributed by atoms with Crippen molar-refractivity contribution in [3.8, 4) is 0 Å². The van der Waals surface area contributed by atoms with Crippen LogP contribution >= 0.6 is 11.3 Å². The molecule has 2 atom stereocenters. The zero-order chi connectivity index (χ0) is 14.5. The standard InChI is InChI=1S/C15H19N3OS/c1-10(14(16)12-6-4-3-5-7-12)15(19)18-9-13-8-17-11(2)20-13/h3-8,10,14H,9,16H2,1-2H3,(H,18,19). The van der Waals surface area contributed by atoms with E-state index in [2.05, 4.69) is 10.3 Å². The number of nitrogens with two attached hydrogens (primary N) is 1. The van der Waals surface area contributed by atoms with Gasteiger partial charge in [-0.2, -0.15) is 0 Å². The molecule has 0 radical (unpaired) electrons. The van der Waals surface area contributed by atoms with Gasteiger partial charge in [0.2, 0.25) is 5.91 Å². The third-order valence-electron chi connectivity index (χ3n) is 3.24. The third-order valence-corrected chi connectivity index (χ3v) is 4.16. The Morgan fingerprint density at radius 3 is 2.70 bits per heavy atom. The summed E-state index contributed by atoms with van der Waals surface area (Å²) in [5.41, 5.74) is 7.12. The predicted octanol–water partition coefficient (Wildman–Crippen LogP) is 2.40. The van der Waals surface area contributed by atoms with E-state index in [0.717, 1.165) is 15.4 Å². The van der Waals surface area contributed by atoms with Gasteiger partial charge in [0.05, 0.1) is 17.5 Å². The Morgan fingerprint density at radius 1 is 1.40 bits per heavy atom. The smallest absolute Gasteiger partial charge is 0.225 e. The van der Waals surface area contributed by atoms with Crippen molar-refractivity contribution in [2.45, 2.75) is 26.4 Å². The highest BCUT2D eigenvalue weighted by molar-refractivity contribution is 7.11. The molecule has 0 bridgehead atoms. The molecule has 3 N–H and O–H groups in total. The van der Waals surface area contributed by atoms with Gasteiger partial charge in [-0.3, -0.25) is 4.79 Å². The predicted molar refractivity (Wildman–Crippen MR) is 81.2 cm³/mol. The first-order valence-electron chi connectivity index (χ1n) is 6.57. The fraction of sp³-hybridized carbons (Fsp3) is 0.333. The van der Waals surface area contributed by atoms with Gasteiger partial charge in [-0.05, 0) is 12.5 Å². The molecule has 0 aliphatic heterocycles. The molecule has 4 nitrogen and oxygen atoms in total. The van der Waals surface area contributed by atoms with E-state index in [4.69, 9.17) is 5.73 Å². The first kappa shape index (κ1) is 14.7. The quantitative estimate of drug-likeness (QED) is 0.888. The Morgan fingerprint density at radius 2 is 2.10 bits per heavy atom. The highest BCUT2D eigenvalue weighted by Crippen LogP contribution is 2.19. The van der Waals surface area contributed by atoms with Crippen molar-refractivity contribution < 1.29 is 4.79 Å². The van der Waals surface area contributed by atoms with Gasteiger partial charge in [-0.25, -0.2) is 4.98 Å². The number of benzene rings is 1. The van der Waals surface area contributed by atoms with Gasteiger partial charge in [0, 0.05) is 17.1 Å². The molecule has 5 heteroatoms. The summed E-state index contributed by atoms with van der Waals surface area (Å²) in [5, 5.41) is 3.92. The number of rotatable bonds is 5. The number of aromatic nitrogens is 1. The second-order valence-electron chi connectivity index (χ2n) is 4.79. The van der Waals surface area contributed by atoms with E-state index in [1.54, 1.807) is 17.5 Å². The number of hydrogen-bond donors (Lipinski definition) is 2. The lowest BCUT2D eigenvalue weighted by molar-refractivity contribution is -0.125. The largest absolute Gasteiger partial charge is 0.351 e. The minimum Gasteiger partial charge on any atom is -0.351 e. The lowest BCUT2D eigenvalue weighted by atomic mass is 9.95. The first-order valence-corrected chi connectivity index (χ1v) is 7.39. The SMILES string of the molecule is Cc1ncc(CNC(=O)C(C)C(N)c2ccccc2)s1. The van der Waals surface area contributed by atoms with Crippen molar-refractivity contribution in [2.24, 2.45) is 11.7 Å². The Balaban J connectivity index is 1.91. The number of hydrogen-bond acceptors (Lipinski definition) is 4. The van der Waals surface area contributed by atoms with Crippen molar-refractivity contribution in [3.63, 3.8) is 0 Å². The summed E-state index contributed by atoms with van der Waals surface area (Å²) >= 11 is 1.59. The van der Waals surface area contributed by atoms with Crippen molar-refractivity contribution in [2.75, 3.05) is 0 Å². The van der Waals surface area contributed by atoms with Gasteiger partial charge in [-0.15, -0.1) is 11.3 Å². The number of thiazole rings is 1. The maximum atomic E-state index is 12.1. The highest BCUT2D eigenvalue weighted by Gasteiger charge is 2.21. The van der Waals surface area contributed by atoms with Crippen LogP contribution in [-0.4, -0.2) is 10.9 Å². The van der Waals surface area contributed by atoms with E-state index in [1.165, 1.54) is 0 Å². The Bertz CT molecular complexity index is 568. The number of carbonyl (C=O) groups excluding carboxylic acids is 1. The van der Waals surface area contributed by atoms with Crippen LogP contribution in [0.2, 0.25) is 0 Å². The second kappa shape index (κ2) is 6.63. The highest BCUT2D eigenvalue weighted by atomic mass is 32.1. The van der Waals surface area contributed by atoms with E-state index >= 15 is 0 Å². The Kier molecular flexibility index (Phi) is 4.87. The minimum atomic E-state index is -0.292. The fourth-order valence-electron chi connectivity index (χ4n) is 1.95. The molecule has 20 heavy (non-hydrogen) atoms. The van der Waals surface area contributed by atoms with Gasteiger partial charge in [0.1, 0.15) is 0 Å². The number of nitrogens with zero attached hydrogens (tertiary/aromatic N) is 1. The lowest BCUT2D eigenvalue weighted by Crippen LogP contribution is -2.35. The van der Waals surface area contributed by atoms with E-state index in [1.807, 2.05) is 44.2 Å². The Labute approximate surface area is 123 Å². The number of aryl methyl sites for hydroxylation is 1. The molecule has 2 aromatic rings. The first-order chi connectivity index (χ1) is 9.58. The zero-order valence-corrected chi connectivity index (χ0v) is 12.5. The molecular weight excluding hydrogens is 270 g/mol. The van der Waals surface area contributed by atoms with Crippen LogP contribution in [-0.2, 0) is 11.3 Å². The van der Waals surface area contributed by atoms with Crippen LogP contribution in [0.4, 0.5) is 0 Å². The number of amides is 1. The summed E-state index contributed by atoms with van der Waals surface area (Å²) in [6, 6.07) is 9.40. The molecule has 0 saturated heterocycles. The molecule has 0 aliphatic carbocycles. The van der Waals surface area contributed by atoms with Crippen molar-refractivity contribution in [3.05, 3.63) is 52.0 Å². The van der Waals surface area contributed by atoms with Crippen molar-refractivity contribution in [1.29, 1.82) is 0 Å². The normalized spacial score (nSPS) is 13.8. The van der Waals surface area contributed by atoms with E-state index < -0.39 is 0 Å². The monoisotopic (exact) mass is 289 g/mol. The minimum absolute atomic E-state index is 0.0348. The summed E-state index contributed by atoms with van der Waals surface area (Å²) in [5.74, 6) is -0.307. The van der Waals surface area contributed by atoms with Crippen LogP contribution in [0.1, 0.15) is 28.4 Å². The van der Waals surface area contributed by atoms with Crippen LogP contribution in [0.3, 0.4) is 0 Å². The Hall–Kier alpha value is -1.72. The van der Waals surface area contributed by atoms with Crippen LogP contribution < -0.4 is 11.1 Å². The van der Waals surface area contributed by atoms with Gasteiger partial charge >= 0.3 is 0 Å². The second-order valence-corrected chi connectivity index (χ2v) is 6.11. The molecule has 1 amide bonds. The molecule has 1 aromatic carbocycles. The average Bonchev–Trinajstić information content (AvgIpc) is 2.89. The van der Waals surface area contributed by atoms with E-state index in [9.17, 15) is 4.79 Å². The average molecular weight is 289 g/mol. The van der Waals surface area contributed by atoms with Crippen molar-refractivity contribution >= 4 is 17.2 Å². The summed E-state index contributed by atoms with van der Waals surface area (Å²) in [6.45, 7) is 4.31. The molecule has 106 valence electrons. The molecule has 1 aromatic heterocycles. The van der Waals surface area contributed by atoms with Crippen molar-refractivity contribution in [1.82, 2.24) is 10.3 Å². The molecule has 0 fully saturated rings. The van der Waals surface area contributed by atoms with Crippen LogP contribution in [0.5, 0.6) is 0 Å². The van der Waals surface area contributed by atoms with Gasteiger partial charge in [0.15, 0.2) is 0 Å². The third kappa shape index (κ3) is 3.65. The maximum Gasteiger partial charge on any atom is 0.225 e. The van der Waals surface area contributed by atoms with Gasteiger partial charge in [0.25, 0.3) is 0 Å². The molecule has 0 saturated carbocycles. The van der Waals surface area contributed by atoms with E-state index in [0.29, 0.717) is 6.54 Å². The molecule has 2 unspecified atom stereocenters. The molecule has 2 rings (SSSR count). The summed E-state index contributed by atoms with van der Waals surface area (Å²) in [6.07, 6.45) is 1.79. The van der Waals surface area contributed by atoms with Gasteiger partial charge < -0.3 is 11.1 Å². The summed E-state index contributed by atoms with van der Waals surface area (Å²) in [7, 11) is 0. The van der Waals surface area contributed by atoms with Crippen LogP contribution in [0, 0.1) is 12.8 Å². The molecular formula is C15H19N3OS. The molecule has 0 spiro atoms. The maximum absolute atomic E-state index is 12.1. The van der Waals surface area contributed by atoms with Crippen LogP contribution in [0.15, 0.2) is 36.5 Å². The fourth-order valence-corrected chi connectivity index (χ4v) is 2.68. The van der Waals surface area contributed by atoms with Crippen LogP contribution in [0.25, 0.3) is 0 Å². The van der Waals surface area contributed by atoms with E-state index in [-0.39, 0.29) is 17.9 Å². The van der Waals surface area contributed by atoms with Gasteiger partial charge in [-0.1, -0.05) is 37.3 Å². The number of carbonyl (C=O) groups is 1. The molecule has 0 aliphatic rings. The summed E-state index contributed by atoms with van der Waals surface area (Å²) < 4.78 is 0. The summed E-state index contributed by atoms with van der Waals surface area (Å²) in [4.78, 5) is 17.3. The molecule has 1 heterocycles. The zero-order valence-electron chi connectivity index (χ0n) is 11.7. The number of nitrogens with one attached hydrogen (secondary N) is 1.